The molecule has 0 fully saturated rings. The summed E-state index contributed by atoms with van der Waals surface area (Å²) in [5.41, 5.74) is 7.04. The Morgan fingerprint density at radius 2 is 1.86 bits per heavy atom. The predicted molar refractivity (Wildman–Crippen MR) is 174 cm³/mol. The number of esters is 1. The van der Waals surface area contributed by atoms with Crippen LogP contribution in [-0.4, -0.2) is 49.9 Å². The molecule has 0 saturated carbocycles. The van der Waals surface area contributed by atoms with Crippen molar-refractivity contribution in [1.29, 1.82) is 0 Å². The number of ether oxygens (including phenoxy) is 4. The van der Waals surface area contributed by atoms with E-state index in [0.29, 0.717) is 36.0 Å². The first-order valence-electron chi connectivity index (χ1n) is 13.9. The maximum atomic E-state index is 12.4. The Balaban J connectivity index is 1.34. The van der Waals surface area contributed by atoms with Crippen molar-refractivity contribution in [3.05, 3.63) is 97.8 Å². The third kappa shape index (κ3) is 8.63. The van der Waals surface area contributed by atoms with Crippen LogP contribution in [0.3, 0.4) is 0 Å². The number of carbonyl (C=O) groups excluding carboxylic acids is 2. The van der Waals surface area contributed by atoms with Gasteiger partial charge in [-0.05, 0) is 90.4 Å². The monoisotopic (exact) mass is 714 g/mol. The van der Waals surface area contributed by atoms with Crippen molar-refractivity contribution in [2.24, 2.45) is 5.10 Å². The number of hydrazone groups is 1. The van der Waals surface area contributed by atoms with Crippen molar-refractivity contribution in [1.82, 2.24) is 16.1 Å². The second kappa shape index (κ2) is 15.4. The number of urea groups is 1. The molecule has 44 heavy (non-hydrogen) atoms. The highest BCUT2D eigenvalue weighted by Gasteiger charge is 2.32. The minimum Gasteiger partial charge on any atom is -0.490 e. The maximum absolute atomic E-state index is 12.4. The summed E-state index contributed by atoms with van der Waals surface area (Å²) in [6, 6.07) is 17.7. The van der Waals surface area contributed by atoms with Gasteiger partial charge >= 0.3 is 12.0 Å². The van der Waals surface area contributed by atoms with Gasteiger partial charge in [-0.1, -0.05) is 35.9 Å². The van der Waals surface area contributed by atoms with E-state index in [2.05, 4.69) is 62.8 Å². The number of benzene rings is 3. The van der Waals surface area contributed by atoms with Gasteiger partial charge in [0.15, 0.2) is 17.7 Å². The zero-order chi connectivity index (χ0) is 31.6. The average Bonchev–Trinajstić information content (AvgIpc) is 2.99. The molecule has 0 bridgehead atoms. The van der Waals surface area contributed by atoms with Crippen LogP contribution in [0.5, 0.6) is 17.2 Å². The van der Waals surface area contributed by atoms with Gasteiger partial charge in [-0.15, -0.1) is 0 Å². The Kier molecular flexibility index (Phi) is 11.4. The molecule has 0 saturated heterocycles. The number of aliphatic hydroxyl groups is 1. The van der Waals surface area contributed by atoms with E-state index >= 15 is 0 Å². The quantitative estimate of drug-likeness (QED) is 0.0658. The molecule has 0 radical (unpaired) electrons. The summed E-state index contributed by atoms with van der Waals surface area (Å²) in [6.45, 7) is 6.20. The molecule has 1 aliphatic rings. The fourth-order valence-corrected chi connectivity index (χ4v) is 5.19. The molecule has 232 valence electrons. The molecule has 3 aromatic rings. The first-order chi connectivity index (χ1) is 21.2. The summed E-state index contributed by atoms with van der Waals surface area (Å²) >= 11 is 2.22. The van der Waals surface area contributed by atoms with Crippen molar-refractivity contribution < 1.29 is 33.6 Å². The first kappa shape index (κ1) is 32.6. The first-order valence-corrected chi connectivity index (χ1v) is 15.0. The normalized spacial score (nSPS) is 15.3. The standard InChI is InChI=1S/C32H35IN4O7/c1-5-42-27-15-23(30-29(31(39)41-4)20(3)35-32(40)36-30)10-12-26(27)44-18-28(38)37-34-16-21-9-11-25(24(33)14-21)43-17-22-8-6-7-19(2)13-22/h6-16,28,30,37-38H,5,17-18H2,1-4H3,(H2,35,36,40)/b34-16-/t28-,30+/m0/s1. The van der Waals surface area contributed by atoms with Crippen molar-refractivity contribution in [3.8, 4) is 17.2 Å². The van der Waals surface area contributed by atoms with Crippen molar-refractivity contribution in [2.75, 3.05) is 20.3 Å². The molecular weight excluding hydrogens is 679 g/mol. The number of nitrogens with one attached hydrogen (secondary N) is 3. The van der Waals surface area contributed by atoms with Gasteiger partial charge in [-0.2, -0.15) is 5.10 Å². The Hall–Kier alpha value is -4.30. The summed E-state index contributed by atoms with van der Waals surface area (Å²) in [6.07, 6.45) is 0.481. The number of aryl methyl sites for hydroxylation is 1. The zero-order valence-electron chi connectivity index (χ0n) is 24.8. The maximum Gasteiger partial charge on any atom is 0.337 e. The van der Waals surface area contributed by atoms with Gasteiger partial charge in [-0.25, -0.2) is 9.59 Å². The molecule has 0 aliphatic carbocycles. The van der Waals surface area contributed by atoms with Crippen LogP contribution < -0.4 is 30.3 Å². The lowest BCUT2D eigenvalue weighted by Crippen LogP contribution is -2.45. The molecular formula is C32H35IN4O7. The van der Waals surface area contributed by atoms with E-state index in [1.807, 2.05) is 37.3 Å². The van der Waals surface area contributed by atoms with Gasteiger partial charge in [0, 0.05) is 5.70 Å². The molecule has 3 aromatic carbocycles. The number of halogens is 1. The minimum absolute atomic E-state index is 0.128. The largest absolute Gasteiger partial charge is 0.490 e. The van der Waals surface area contributed by atoms with E-state index < -0.39 is 24.3 Å². The molecule has 2 amide bonds. The van der Waals surface area contributed by atoms with Crippen LogP contribution in [0.15, 0.2) is 77.0 Å². The number of hydrogen-bond acceptors (Lipinski definition) is 9. The molecule has 0 unspecified atom stereocenters. The summed E-state index contributed by atoms with van der Waals surface area (Å²) < 4.78 is 23.4. The highest BCUT2D eigenvalue weighted by molar-refractivity contribution is 14.1. The second-order valence-corrected chi connectivity index (χ2v) is 11.0. The smallest absolute Gasteiger partial charge is 0.337 e. The number of allylic oxidation sites excluding steroid dienone is 1. The van der Waals surface area contributed by atoms with Gasteiger partial charge in [-0.3, -0.25) is 5.43 Å². The van der Waals surface area contributed by atoms with E-state index in [0.717, 1.165) is 20.4 Å². The number of rotatable bonds is 13. The van der Waals surface area contributed by atoms with E-state index in [-0.39, 0.29) is 12.2 Å². The van der Waals surface area contributed by atoms with Crippen molar-refractivity contribution >= 4 is 40.8 Å². The number of aliphatic hydroxyl groups excluding tert-OH is 1. The molecule has 1 aliphatic heterocycles. The second-order valence-electron chi connectivity index (χ2n) is 9.88. The topological polar surface area (TPSA) is 140 Å². The fourth-order valence-electron chi connectivity index (χ4n) is 4.50. The molecule has 11 nitrogen and oxygen atoms in total. The number of carbonyl (C=O) groups is 2. The zero-order valence-corrected chi connectivity index (χ0v) is 27.0. The van der Waals surface area contributed by atoms with Crippen LogP contribution in [0.4, 0.5) is 4.79 Å². The van der Waals surface area contributed by atoms with Crippen LogP contribution in [-0.2, 0) is 16.1 Å². The van der Waals surface area contributed by atoms with Crippen molar-refractivity contribution in [2.45, 2.75) is 39.6 Å². The fraction of sp³-hybridized carbons (Fsp3) is 0.281. The SMILES string of the molecule is CCOc1cc([C@H]2NC(=O)NC(C)=C2C(=O)OC)ccc1OC[C@H](O)N/N=C\c1ccc(OCc2cccc(C)c2)c(I)c1. The molecule has 12 heteroatoms. The van der Waals surface area contributed by atoms with E-state index in [9.17, 15) is 14.7 Å². The highest BCUT2D eigenvalue weighted by Crippen LogP contribution is 2.35. The van der Waals surface area contributed by atoms with Crippen LogP contribution in [0, 0.1) is 10.5 Å². The Morgan fingerprint density at radius 3 is 2.59 bits per heavy atom. The lowest BCUT2D eigenvalue weighted by Gasteiger charge is -2.28. The lowest BCUT2D eigenvalue weighted by molar-refractivity contribution is -0.136. The van der Waals surface area contributed by atoms with Crippen LogP contribution >= 0.6 is 22.6 Å². The molecule has 2 atom stereocenters. The van der Waals surface area contributed by atoms with E-state index in [1.54, 1.807) is 31.3 Å². The number of nitrogens with zero attached hydrogens (tertiary/aromatic N) is 1. The molecule has 0 spiro atoms. The Labute approximate surface area is 269 Å². The van der Waals surface area contributed by atoms with Gasteiger partial charge < -0.3 is 34.7 Å². The Bertz CT molecular complexity index is 1560. The van der Waals surface area contributed by atoms with Gasteiger partial charge in [0.25, 0.3) is 0 Å². The summed E-state index contributed by atoms with van der Waals surface area (Å²) in [4.78, 5) is 24.6. The summed E-state index contributed by atoms with van der Waals surface area (Å²) in [5, 5.41) is 19.9. The predicted octanol–water partition coefficient (Wildman–Crippen LogP) is 4.70. The number of methoxy groups -OCH3 is 1. The molecule has 4 N–H and O–H groups in total. The highest BCUT2D eigenvalue weighted by atomic mass is 127. The molecule has 0 aromatic heterocycles. The summed E-state index contributed by atoms with van der Waals surface area (Å²) in [7, 11) is 1.28. The van der Waals surface area contributed by atoms with E-state index in [4.69, 9.17) is 18.9 Å². The van der Waals surface area contributed by atoms with Crippen LogP contribution in [0.1, 0.15) is 42.1 Å². The number of amides is 2. The summed E-state index contributed by atoms with van der Waals surface area (Å²) in [5.74, 6) is 0.966. The van der Waals surface area contributed by atoms with Crippen molar-refractivity contribution in [3.63, 3.8) is 0 Å². The third-order valence-corrected chi connectivity index (χ3v) is 7.39. The van der Waals surface area contributed by atoms with Gasteiger partial charge in [0.05, 0.1) is 35.1 Å². The van der Waals surface area contributed by atoms with Crippen LogP contribution in [0.25, 0.3) is 0 Å². The molecule has 4 rings (SSSR count). The minimum atomic E-state index is -1.11. The number of hydrogen-bond donors (Lipinski definition) is 4. The van der Waals surface area contributed by atoms with Gasteiger partial charge in [0.1, 0.15) is 19.0 Å². The average molecular weight is 715 g/mol. The lowest BCUT2D eigenvalue weighted by atomic mass is 9.95. The van der Waals surface area contributed by atoms with E-state index in [1.165, 1.54) is 12.7 Å². The molecule has 1 heterocycles. The van der Waals surface area contributed by atoms with Gasteiger partial charge in [0.2, 0.25) is 0 Å². The third-order valence-electron chi connectivity index (χ3n) is 6.54. The van der Waals surface area contributed by atoms with Crippen LogP contribution in [0.2, 0.25) is 0 Å². The Morgan fingerprint density at radius 1 is 1.07 bits per heavy atom.